The maximum Gasteiger partial charge on any atom is 0.267 e. The second-order valence-corrected chi connectivity index (χ2v) is 6.19. The molecule has 1 heterocycles. The molecule has 7 heteroatoms. The van der Waals surface area contributed by atoms with E-state index in [4.69, 9.17) is 9.47 Å². The van der Waals surface area contributed by atoms with Crippen LogP contribution in [0, 0.1) is 6.92 Å². The molecule has 1 aromatic heterocycles. The summed E-state index contributed by atoms with van der Waals surface area (Å²) in [6.45, 7) is 1.71. The predicted octanol–water partition coefficient (Wildman–Crippen LogP) is 2.87. The van der Waals surface area contributed by atoms with E-state index < -0.39 is 0 Å². The molecule has 3 rings (SSSR count). The van der Waals surface area contributed by atoms with Crippen LogP contribution in [0.1, 0.15) is 5.56 Å². The van der Waals surface area contributed by atoms with E-state index in [9.17, 15) is 9.59 Å². The van der Waals surface area contributed by atoms with Crippen molar-refractivity contribution < 1.29 is 14.3 Å². The quantitative estimate of drug-likeness (QED) is 0.712. The van der Waals surface area contributed by atoms with Crippen molar-refractivity contribution in [1.29, 1.82) is 0 Å². The first-order chi connectivity index (χ1) is 13.5. The van der Waals surface area contributed by atoms with Crippen molar-refractivity contribution in [2.45, 2.75) is 13.5 Å². The first-order valence-electron chi connectivity index (χ1n) is 8.67. The summed E-state index contributed by atoms with van der Waals surface area (Å²) in [5, 5.41) is 7.08. The number of carbonyl (C=O) groups excluding carboxylic acids is 1. The van der Waals surface area contributed by atoms with Crippen molar-refractivity contribution in [2.75, 3.05) is 19.5 Å². The third-order valence-corrected chi connectivity index (χ3v) is 4.17. The fourth-order valence-electron chi connectivity index (χ4n) is 2.72. The van der Waals surface area contributed by atoms with Crippen molar-refractivity contribution in [1.82, 2.24) is 9.78 Å². The van der Waals surface area contributed by atoms with E-state index in [0.717, 1.165) is 21.6 Å². The van der Waals surface area contributed by atoms with E-state index in [0.29, 0.717) is 17.1 Å². The van der Waals surface area contributed by atoms with Gasteiger partial charge in [0.15, 0.2) is 0 Å². The molecule has 2 aromatic carbocycles. The molecule has 0 saturated heterocycles. The predicted molar refractivity (Wildman–Crippen MR) is 107 cm³/mol. The molecule has 0 unspecified atom stereocenters. The van der Waals surface area contributed by atoms with Gasteiger partial charge < -0.3 is 14.8 Å². The highest BCUT2D eigenvalue weighted by Crippen LogP contribution is 2.25. The Morgan fingerprint density at radius 3 is 2.46 bits per heavy atom. The maximum absolute atomic E-state index is 12.5. The topological polar surface area (TPSA) is 82.5 Å². The molecular weight excluding hydrogens is 358 g/mol. The van der Waals surface area contributed by atoms with Gasteiger partial charge in [0.2, 0.25) is 5.91 Å². The number of methoxy groups -OCH3 is 2. The van der Waals surface area contributed by atoms with E-state index in [-0.39, 0.29) is 18.0 Å². The molecule has 0 spiro atoms. The van der Waals surface area contributed by atoms with Gasteiger partial charge >= 0.3 is 0 Å². The van der Waals surface area contributed by atoms with Gasteiger partial charge in [-0.1, -0.05) is 6.07 Å². The average molecular weight is 379 g/mol. The van der Waals surface area contributed by atoms with Crippen LogP contribution in [-0.2, 0) is 11.3 Å². The summed E-state index contributed by atoms with van der Waals surface area (Å²) in [6, 6.07) is 15.8. The molecule has 0 saturated carbocycles. The standard InChI is InChI=1S/C21H21N3O4/c1-14-4-10-19(28-3)18(12-14)22-20(25)13-24-21(26)11-9-17(23-24)15-5-7-16(27-2)8-6-15/h4-12H,13H2,1-3H3,(H,22,25). The number of hydrogen-bond donors (Lipinski definition) is 1. The van der Waals surface area contributed by atoms with Crippen molar-refractivity contribution in [2.24, 2.45) is 0 Å². The van der Waals surface area contributed by atoms with Crippen LogP contribution in [0.4, 0.5) is 5.69 Å². The number of hydrogen-bond acceptors (Lipinski definition) is 5. The second-order valence-electron chi connectivity index (χ2n) is 6.19. The molecule has 0 bridgehead atoms. The Kier molecular flexibility index (Phi) is 5.74. The number of aryl methyl sites for hydroxylation is 1. The van der Waals surface area contributed by atoms with Crippen LogP contribution < -0.4 is 20.3 Å². The largest absolute Gasteiger partial charge is 0.497 e. The highest BCUT2D eigenvalue weighted by molar-refractivity contribution is 5.92. The number of ether oxygens (including phenoxy) is 2. The molecule has 0 atom stereocenters. The Bertz CT molecular complexity index is 1040. The third kappa shape index (κ3) is 4.37. The number of rotatable bonds is 6. The third-order valence-electron chi connectivity index (χ3n) is 4.17. The molecular formula is C21H21N3O4. The Labute approximate surface area is 162 Å². The van der Waals surface area contributed by atoms with E-state index >= 15 is 0 Å². The molecule has 7 nitrogen and oxygen atoms in total. The Morgan fingerprint density at radius 2 is 1.79 bits per heavy atom. The molecule has 0 radical (unpaired) electrons. The minimum atomic E-state index is -0.370. The number of amides is 1. The van der Waals surface area contributed by atoms with E-state index in [2.05, 4.69) is 10.4 Å². The minimum Gasteiger partial charge on any atom is -0.497 e. The van der Waals surface area contributed by atoms with Crippen LogP contribution in [-0.4, -0.2) is 29.9 Å². The van der Waals surface area contributed by atoms with Gasteiger partial charge in [-0.15, -0.1) is 0 Å². The highest BCUT2D eigenvalue weighted by Gasteiger charge is 2.11. The molecule has 0 fully saturated rings. The number of anilines is 1. The normalized spacial score (nSPS) is 10.4. The summed E-state index contributed by atoms with van der Waals surface area (Å²) < 4.78 is 11.5. The summed E-state index contributed by atoms with van der Waals surface area (Å²) in [5.74, 6) is 0.903. The van der Waals surface area contributed by atoms with E-state index in [1.165, 1.54) is 13.2 Å². The zero-order valence-electron chi connectivity index (χ0n) is 15.9. The number of nitrogens with one attached hydrogen (secondary N) is 1. The lowest BCUT2D eigenvalue weighted by Crippen LogP contribution is -2.29. The van der Waals surface area contributed by atoms with Gasteiger partial charge in [0.25, 0.3) is 5.56 Å². The van der Waals surface area contributed by atoms with Crippen molar-refractivity contribution in [3.8, 4) is 22.8 Å². The number of carbonyl (C=O) groups is 1. The SMILES string of the molecule is COc1ccc(-c2ccc(=O)n(CC(=O)Nc3cc(C)ccc3OC)n2)cc1. The van der Waals surface area contributed by atoms with Crippen molar-refractivity contribution in [3.63, 3.8) is 0 Å². The van der Waals surface area contributed by atoms with Crippen LogP contribution >= 0.6 is 0 Å². The highest BCUT2D eigenvalue weighted by atomic mass is 16.5. The fraction of sp³-hybridized carbons (Fsp3) is 0.190. The first kappa shape index (κ1) is 19.2. The van der Waals surface area contributed by atoms with Crippen molar-refractivity contribution >= 4 is 11.6 Å². The van der Waals surface area contributed by atoms with Crippen LogP contribution in [0.25, 0.3) is 11.3 Å². The van der Waals surface area contributed by atoms with E-state index in [1.807, 2.05) is 37.3 Å². The van der Waals surface area contributed by atoms with Crippen molar-refractivity contribution in [3.05, 3.63) is 70.5 Å². The van der Waals surface area contributed by atoms with Gasteiger partial charge in [-0.2, -0.15) is 5.10 Å². The number of benzene rings is 2. The Balaban J connectivity index is 1.81. The van der Waals surface area contributed by atoms with E-state index in [1.54, 1.807) is 25.3 Å². The summed E-state index contributed by atoms with van der Waals surface area (Å²) >= 11 is 0. The minimum absolute atomic E-state index is 0.208. The molecule has 1 amide bonds. The molecule has 0 aliphatic heterocycles. The second kappa shape index (κ2) is 8.39. The summed E-state index contributed by atoms with van der Waals surface area (Å²) in [5.41, 5.74) is 2.57. The zero-order chi connectivity index (χ0) is 20.1. The molecule has 28 heavy (non-hydrogen) atoms. The van der Waals surface area contributed by atoms with Crippen LogP contribution in [0.2, 0.25) is 0 Å². The lowest BCUT2D eigenvalue weighted by Gasteiger charge is -2.12. The van der Waals surface area contributed by atoms with Crippen LogP contribution in [0.15, 0.2) is 59.4 Å². The molecule has 0 aliphatic rings. The van der Waals surface area contributed by atoms with Gasteiger partial charge in [0.1, 0.15) is 18.0 Å². The smallest absolute Gasteiger partial charge is 0.267 e. The van der Waals surface area contributed by atoms with Gasteiger partial charge in [-0.05, 0) is 55.0 Å². The summed E-state index contributed by atoms with van der Waals surface area (Å²) in [6.07, 6.45) is 0. The maximum atomic E-state index is 12.5. The molecule has 0 aliphatic carbocycles. The lowest BCUT2D eigenvalue weighted by molar-refractivity contribution is -0.117. The molecule has 144 valence electrons. The van der Waals surface area contributed by atoms with Crippen LogP contribution in [0.5, 0.6) is 11.5 Å². The number of nitrogens with zero attached hydrogens (tertiary/aromatic N) is 2. The Morgan fingerprint density at radius 1 is 1.04 bits per heavy atom. The lowest BCUT2D eigenvalue weighted by atomic mass is 10.1. The summed E-state index contributed by atoms with van der Waals surface area (Å²) in [7, 11) is 3.12. The fourth-order valence-corrected chi connectivity index (χ4v) is 2.72. The molecule has 1 N–H and O–H groups in total. The number of aromatic nitrogens is 2. The average Bonchev–Trinajstić information content (AvgIpc) is 2.70. The first-order valence-corrected chi connectivity index (χ1v) is 8.67. The van der Waals surface area contributed by atoms with Gasteiger partial charge in [0.05, 0.1) is 25.6 Å². The van der Waals surface area contributed by atoms with Crippen LogP contribution in [0.3, 0.4) is 0 Å². The van der Waals surface area contributed by atoms with Gasteiger partial charge in [-0.3, -0.25) is 9.59 Å². The van der Waals surface area contributed by atoms with Gasteiger partial charge in [0, 0.05) is 11.6 Å². The van der Waals surface area contributed by atoms with Gasteiger partial charge in [-0.25, -0.2) is 4.68 Å². The monoisotopic (exact) mass is 379 g/mol. The summed E-state index contributed by atoms with van der Waals surface area (Å²) in [4.78, 5) is 24.6. The molecule has 3 aromatic rings. The Hall–Kier alpha value is -3.61. The zero-order valence-corrected chi connectivity index (χ0v) is 15.9.